The van der Waals surface area contributed by atoms with E-state index in [4.69, 9.17) is 0 Å². The molecular weight excluding hydrogens is 390 g/mol. The van der Waals surface area contributed by atoms with Gasteiger partial charge in [0.2, 0.25) is 0 Å². The van der Waals surface area contributed by atoms with Gasteiger partial charge >= 0.3 is 6.03 Å². The quantitative estimate of drug-likeness (QED) is 0.764. The van der Waals surface area contributed by atoms with Crippen LogP contribution >= 0.6 is 0 Å². The average Bonchev–Trinajstić information content (AvgIpc) is 3.20. The van der Waals surface area contributed by atoms with Gasteiger partial charge in [0.1, 0.15) is 5.82 Å². The van der Waals surface area contributed by atoms with E-state index in [0.29, 0.717) is 17.8 Å². The third-order valence-electron chi connectivity index (χ3n) is 5.98. The van der Waals surface area contributed by atoms with Crippen LogP contribution in [0.3, 0.4) is 0 Å². The maximum Gasteiger partial charge on any atom is 0.319 e. The summed E-state index contributed by atoms with van der Waals surface area (Å²) >= 11 is 0. The summed E-state index contributed by atoms with van der Waals surface area (Å²) in [6, 6.07) is 10.8. The number of nitrogens with zero attached hydrogens (tertiary/aromatic N) is 3. The molecule has 0 atom stereocenters. The van der Waals surface area contributed by atoms with E-state index >= 15 is 0 Å². The summed E-state index contributed by atoms with van der Waals surface area (Å²) in [6.07, 6.45) is 8.79. The molecule has 2 N–H and O–H groups in total. The molecular formula is C24H31N5O2. The van der Waals surface area contributed by atoms with Crippen molar-refractivity contribution in [2.75, 3.05) is 36.4 Å². The lowest BCUT2D eigenvalue weighted by Crippen LogP contribution is -2.31. The van der Waals surface area contributed by atoms with E-state index in [-0.39, 0.29) is 11.9 Å². The first-order valence-corrected chi connectivity index (χ1v) is 11.3. The van der Waals surface area contributed by atoms with E-state index in [1.54, 1.807) is 24.3 Å². The van der Waals surface area contributed by atoms with Crippen LogP contribution in [0.25, 0.3) is 0 Å². The SMILES string of the molecule is O=C(NCc1ccc(N2CCCC2)nc1)Nc1ccc(C(=O)N2CCCCCC2)cc1. The maximum atomic E-state index is 12.7. The van der Waals surface area contributed by atoms with Crippen molar-refractivity contribution in [3.05, 3.63) is 53.7 Å². The molecule has 0 saturated carbocycles. The molecule has 0 bridgehead atoms. The van der Waals surface area contributed by atoms with Crippen LogP contribution in [0.15, 0.2) is 42.6 Å². The molecule has 1 aromatic heterocycles. The van der Waals surface area contributed by atoms with Gasteiger partial charge in [0.25, 0.3) is 5.91 Å². The normalized spacial score (nSPS) is 16.6. The Morgan fingerprint density at radius 1 is 0.839 bits per heavy atom. The highest BCUT2D eigenvalue weighted by molar-refractivity contribution is 5.95. The lowest BCUT2D eigenvalue weighted by atomic mass is 10.1. The second kappa shape index (κ2) is 10.3. The summed E-state index contributed by atoms with van der Waals surface area (Å²) in [5.41, 5.74) is 2.28. The molecule has 2 aromatic rings. The van der Waals surface area contributed by atoms with E-state index in [2.05, 4.69) is 20.5 Å². The Morgan fingerprint density at radius 2 is 1.52 bits per heavy atom. The lowest BCUT2D eigenvalue weighted by molar-refractivity contribution is 0.0761. The van der Waals surface area contributed by atoms with Gasteiger partial charge in [0, 0.05) is 50.2 Å². The third kappa shape index (κ3) is 5.75. The van der Waals surface area contributed by atoms with Crippen molar-refractivity contribution in [2.45, 2.75) is 45.1 Å². The van der Waals surface area contributed by atoms with E-state index in [1.807, 2.05) is 23.2 Å². The summed E-state index contributed by atoms with van der Waals surface area (Å²) in [7, 11) is 0. The number of hydrogen-bond donors (Lipinski definition) is 2. The molecule has 2 saturated heterocycles. The number of likely N-dealkylation sites (tertiary alicyclic amines) is 1. The Kier molecular flexibility index (Phi) is 7.02. The summed E-state index contributed by atoms with van der Waals surface area (Å²) in [4.78, 5) is 33.6. The van der Waals surface area contributed by atoms with Crippen molar-refractivity contribution in [3.63, 3.8) is 0 Å². The zero-order valence-corrected chi connectivity index (χ0v) is 18.0. The van der Waals surface area contributed by atoms with Crippen molar-refractivity contribution in [1.29, 1.82) is 0 Å². The minimum atomic E-state index is -0.282. The van der Waals surface area contributed by atoms with Gasteiger partial charge in [0.05, 0.1) is 0 Å². The summed E-state index contributed by atoms with van der Waals surface area (Å²) in [5.74, 6) is 1.07. The second-order valence-electron chi connectivity index (χ2n) is 8.31. The van der Waals surface area contributed by atoms with Gasteiger partial charge in [-0.1, -0.05) is 18.9 Å². The average molecular weight is 422 g/mol. The fourth-order valence-electron chi connectivity index (χ4n) is 4.16. The number of urea groups is 1. The van der Waals surface area contributed by atoms with Gasteiger partial charge in [-0.3, -0.25) is 4.79 Å². The Bertz CT molecular complexity index is 868. The topological polar surface area (TPSA) is 77.6 Å². The fraction of sp³-hybridized carbons (Fsp3) is 0.458. The number of carbonyl (C=O) groups is 2. The molecule has 0 spiro atoms. The molecule has 1 aromatic carbocycles. The smallest absolute Gasteiger partial charge is 0.319 e. The molecule has 2 aliphatic rings. The van der Waals surface area contributed by atoms with Gasteiger partial charge in [-0.2, -0.15) is 0 Å². The molecule has 7 heteroatoms. The van der Waals surface area contributed by atoms with Crippen molar-refractivity contribution in [3.8, 4) is 0 Å². The number of anilines is 2. The first-order chi connectivity index (χ1) is 15.2. The van der Waals surface area contributed by atoms with Crippen LogP contribution in [-0.4, -0.2) is 48.0 Å². The van der Waals surface area contributed by atoms with E-state index in [9.17, 15) is 9.59 Å². The first-order valence-electron chi connectivity index (χ1n) is 11.3. The summed E-state index contributed by atoms with van der Waals surface area (Å²) < 4.78 is 0. The first kappa shape index (κ1) is 21.2. The number of rotatable bonds is 5. The van der Waals surface area contributed by atoms with Crippen molar-refractivity contribution in [2.24, 2.45) is 0 Å². The molecule has 2 fully saturated rings. The molecule has 31 heavy (non-hydrogen) atoms. The number of aromatic nitrogens is 1. The van der Waals surface area contributed by atoms with Crippen LogP contribution in [0.4, 0.5) is 16.3 Å². The van der Waals surface area contributed by atoms with Crippen molar-refractivity contribution < 1.29 is 9.59 Å². The van der Waals surface area contributed by atoms with Crippen LogP contribution in [0.1, 0.15) is 54.4 Å². The standard InChI is InChI=1S/C24H31N5O2/c30-23(29-15-3-1-2-4-16-29)20-8-10-21(11-9-20)27-24(31)26-18-19-7-12-22(25-17-19)28-13-5-6-14-28/h7-12,17H,1-6,13-16,18H2,(H2,26,27,31). The number of hydrogen-bond acceptors (Lipinski definition) is 4. The number of nitrogens with one attached hydrogen (secondary N) is 2. The molecule has 0 radical (unpaired) electrons. The van der Waals surface area contributed by atoms with Gasteiger partial charge in [-0.25, -0.2) is 9.78 Å². The van der Waals surface area contributed by atoms with Crippen LogP contribution in [0, 0.1) is 0 Å². The Labute approximate surface area is 183 Å². The van der Waals surface area contributed by atoms with Gasteiger partial charge < -0.3 is 20.4 Å². The number of pyridine rings is 1. The second-order valence-corrected chi connectivity index (χ2v) is 8.31. The number of benzene rings is 1. The van der Waals surface area contributed by atoms with Crippen molar-refractivity contribution >= 4 is 23.4 Å². The predicted octanol–water partition coefficient (Wildman–Crippen LogP) is 4.02. The van der Waals surface area contributed by atoms with Crippen molar-refractivity contribution in [1.82, 2.24) is 15.2 Å². The van der Waals surface area contributed by atoms with Crippen LogP contribution < -0.4 is 15.5 Å². The highest BCUT2D eigenvalue weighted by Gasteiger charge is 2.17. The van der Waals surface area contributed by atoms with Crippen LogP contribution in [0.5, 0.6) is 0 Å². The van der Waals surface area contributed by atoms with E-state index in [1.165, 1.54) is 25.7 Å². The van der Waals surface area contributed by atoms with Gasteiger partial charge in [-0.05, 0) is 61.6 Å². The molecule has 0 aliphatic carbocycles. The molecule has 3 heterocycles. The molecule has 164 valence electrons. The molecule has 0 unspecified atom stereocenters. The maximum absolute atomic E-state index is 12.7. The molecule has 2 aliphatic heterocycles. The van der Waals surface area contributed by atoms with E-state index in [0.717, 1.165) is 50.4 Å². The summed E-state index contributed by atoms with van der Waals surface area (Å²) in [6.45, 7) is 4.19. The minimum absolute atomic E-state index is 0.0720. The zero-order chi connectivity index (χ0) is 21.5. The van der Waals surface area contributed by atoms with E-state index < -0.39 is 0 Å². The Hall–Kier alpha value is -3.09. The Morgan fingerprint density at radius 3 is 2.16 bits per heavy atom. The number of carbonyl (C=O) groups excluding carboxylic acids is 2. The lowest BCUT2D eigenvalue weighted by Gasteiger charge is -2.20. The highest BCUT2D eigenvalue weighted by Crippen LogP contribution is 2.18. The molecule has 3 amide bonds. The minimum Gasteiger partial charge on any atom is -0.357 e. The van der Waals surface area contributed by atoms with Crippen LogP contribution in [-0.2, 0) is 6.54 Å². The molecule has 7 nitrogen and oxygen atoms in total. The zero-order valence-electron chi connectivity index (χ0n) is 18.0. The highest BCUT2D eigenvalue weighted by atomic mass is 16.2. The largest absolute Gasteiger partial charge is 0.357 e. The molecule has 4 rings (SSSR count). The van der Waals surface area contributed by atoms with Gasteiger partial charge in [-0.15, -0.1) is 0 Å². The number of amides is 3. The van der Waals surface area contributed by atoms with Crippen LogP contribution in [0.2, 0.25) is 0 Å². The monoisotopic (exact) mass is 421 g/mol. The Balaban J connectivity index is 1.25. The van der Waals surface area contributed by atoms with Gasteiger partial charge in [0.15, 0.2) is 0 Å². The fourth-order valence-corrected chi connectivity index (χ4v) is 4.16. The third-order valence-corrected chi connectivity index (χ3v) is 5.98. The summed E-state index contributed by atoms with van der Waals surface area (Å²) in [5, 5.41) is 5.67. The predicted molar refractivity (Wildman–Crippen MR) is 122 cm³/mol.